The number of thioether (sulfide) groups is 1. The van der Waals surface area contributed by atoms with E-state index in [1.807, 2.05) is 61.7 Å². The lowest BCUT2D eigenvalue weighted by molar-refractivity contribution is -0.161. The largest absolute Gasteiger partial charge is 0.456 e. The molecule has 4 heteroatoms. The monoisotopic (exact) mass is 352 g/mol. The molecule has 2 atom stereocenters. The summed E-state index contributed by atoms with van der Waals surface area (Å²) in [7, 11) is 0. The van der Waals surface area contributed by atoms with Gasteiger partial charge in [0.1, 0.15) is 11.5 Å². The van der Waals surface area contributed by atoms with Gasteiger partial charge in [0.15, 0.2) is 5.78 Å². The first-order valence-electron chi connectivity index (χ1n) is 8.40. The summed E-state index contributed by atoms with van der Waals surface area (Å²) in [4.78, 5) is 13.2. The van der Waals surface area contributed by atoms with Crippen molar-refractivity contribution in [2.75, 3.05) is 12.0 Å². The molecule has 3 nitrogen and oxygen atoms in total. The Labute approximate surface area is 152 Å². The molecule has 0 radical (unpaired) electrons. The van der Waals surface area contributed by atoms with Gasteiger partial charge in [-0.05, 0) is 19.2 Å². The van der Waals surface area contributed by atoms with Crippen molar-refractivity contribution in [2.45, 2.75) is 25.0 Å². The maximum atomic E-state index is 13.2. The van der Waals surface area contributed by atoms with Gasteiger partial charge in [-0.25, -0.2) is 0 Å². The SMILES string of the molecule is CSCC12CC(C(C(=O)c3ccccc3)=C(C)O1)c1ccccc1O2. The van der Waals surface area contributed by atoms with Crippen molar-refractivity contribution in [3.8, 4) is 5.75 Å². The van der Waals surface area contributed by atoms with E-state index in [1.165, 1.54) is 0 Å². The van der Waals surface area contributed by atoms with E-state index in [0.717, 1.165) is 22.6 Å². The van der Waals surface area contributed by atoms with Gasteiger partial charge < -0.3 is 9.47 Å². The summed E-state index contributed by atoms with van der Waals surface area (Å²) in [6.45, 7) is 1.88. The van der Waals surface area contributed by atoms with Crippen molar-refractivity contribution in [3.05, 3.63) is 77.1 Å². The predicted octanol–water partition coefficient (Wildman–Crippen LogP) is 4.80. The van der Waals surface area contributed by atoms with Crippen LogP contribution < -0.4 is 4.74 Å². The third-order valence-corrected chi connectivity index (χ3v) is 5.55. The average molecular weight is 352 g/mol. The molecular formula is C21H20O3S. The van der Waals surface area contributed by atoms with Crippen molar-refractivity contribution >= 4 is 17.5 Å². The van der Waals surface area contributed by atoms with E-state index in [1.54, 1.807) is 11.8 Å². The van der Waals surface area contributed by atoms with Crippen LogP contribution in [0.25, 0.3) is 0 Å². The minimum Gasteiger partial charge on any atom is -0.456 e. The van der Waals surface area contributed by atoms with Crippen LogP contribution in [0.2, 0.25) is 0 Å². The van der Waals surface area contributed by atoms with Gasteiger partial charge in [0.25, 0.3) is 5.79 Å². The number of ketones is 1. The fraction of sp³-hybridized carbons (Fsp3) is 0.286. The van der Waals surface area contributed by atoms with E-state index >= 15 is 0 Å². The normalized spacial score (nSPS) is 24.2. The van der Waals surface area contributed by atoms with Crippen LogP contribution in [0.3, 0.4) is 0 Å². The molecule has 0 aliphatic carbocycles. The number of hydrogen-bond donors (Lipinski definition) is 0. The molecule has 2 unspecified atom stereocenters. The van der Waals surface area contributed by atoms with E-state index in [2.05, 4.69) is 6.07 Å². The maximum absolute atomic E-state index is 13.2. The van der Waals surface area contributed by atoms with Crippen molar-refractivity contribution in [1.82, 2.24) is 0 Å². The first-order valence-corrected chi connectivity index (χ1v) is 9.79. The number of ether oxygens (including phenoxy) is 2. The minimum absolute atomic E-state index is 0.00134. The number of Topliss-reactive ketones (excluding diaryl/α,β-unsaturated/α-hetero) is 1. The number of hydrogen-bond acceptors (Lipinski definition) is 4. The number of para-hydroxylation sites is 1. The first-order chi connectivity index (χ1) is 12.1. The molecule has 2 aliphatic rings. The molecule has 0 N–H and O–H groups in total. The molecule has 2 aliphatic heterocycles. The molecule has 2 bridgehead atoms. The summed E-state index contributed by atoms with van der Waals surface area (Å²) in [5.41, 5.74) is 2.52. The Balaban J connectivity index is 1.84. The lowest BCUT2D eigenvalue weighted by Crippen LogP contribution is -2.49. The number of rotatable bonds is 4. The Morgan fingerprint density at radius 2 is 1.84 bits per heavy atom. The summed E-state index contributed by atoms with van der Waals surface area (Å²) in [5, 5.41) is 0. The highest BCUT2D eigenvalue weighted by atomic mass is 32.2. The molecule has 2 heterocycles. The van der Waals surface area contributed by atoms with Gasteiger partial charge in [-0.1, -0.05) is 48.5 Å². The molecule has 0 spiro atoms. The second-order valence-corrected chi connectivity index (χ2v) is 7.37. The van der Waals surface area contributed by atoms with E-state index in [-0.39, 0.29) is 11.7 Å². The number of benzene rings is 2. The Kier molecular flexibility index (Phi) is 4.08. The van der Waals surface area contributed by atoms with Crippen LogP contribution >= 0.6 is 11.8 Å². The van der Waals surface area contributed by atoms with Crippen LogP contribution in [0.4, 0.5) is 0 Å². The first kappa shape index (κ1) is 16.3. The average Bonchev–Trinajstić information content (AvgIpc) is 2.62. The lowest BCUT2D eigenvalue weighted by atomic mass is 9.78. The van der Waals surface area contributed by atoms with Gasteiger partial charge in [0, 0.05) is 29.0 Å². The van der Waals surface area contributed by atoms with E-state index in [9.17, 15) is 4.79 Å². The highest BCUT2D eigenvalue weighted by molar-refractivity contribution is 7.98. The highest BCUT2D eigenvalue weighted by Crippen LogP contribution is 2.51. The Morgan fingerprint density at radius 1 is 1.12 bits per heavy atom. The van der Waals surface area contributed by atoms with Crippen LogP contribution in [0, 0.1) is 0 Å². The molecular weight excluding hydrogens is 332 g/mol. The topological polar surface area (TPSA) is 35.5 Å². The van der Waals surface area contributed by atoms with Crippen LogP contribution in [0.5, 0.6) is 5.75 Å². The van der Waals surface area contributed by atoms with Crippen molar-refractivity contribution in [2.24, 2.45) is 0 Å². The van der Waals surface area contributed by atoms with E-state index in [4.69, 9.17) is 9.47 Å². The van der Waals surface area contributed by atoms with Crippen LogP contribution in [0.1, 0.15) is 35.2 Å². The molecule has 128 valence electrons. The summed E-state index contributed by atoms with van der Waals surface area (Å²) >= 11 is 1.69. The Hall–Kier alpha value is -2.20. The standard InChI is InChI=1S/C21H20O3S/c1-14-19(20(22)15-8-4-3-5-9-15)17-12-21(23-14,13-25-2)24-18-11-7-6-10-16(17)18/h3-11,17H,12-13H2,1-2H3. The van der Waals surface area contributed by atoms with E-state index in [0.29, 0.717) is 17.7 Å². The third-order valence-electron chi connectivity index (χ3n) is 4.82. The summed E-state index contributed by atoms with van der Waals surface area (Å²) in [6.07, 6.45) is 2.71. The van der Waals surface area contributed by atoms with Gasteiger partial charge in [0.2, 0.25) is 0 Å². The number of carbonyl (C=O) groups excluding carboxylic acids is 1. The second kappa shape index (κ2) is 6.26. The minimum atomic E-state index is -0.691. The Morgan fingerprint density at radius 3 is 2.60 bits per heavy atom. The smallest absolute Gasteiger partial charge is 0.260 e. The second-order valence-electron chi connectivity index (χ2n) is 6.51. The molecule has 4 rings (SSSR count). The van der Waals surface area contributed by atoms with Crippen LogP contribution in [-0.2, 0) is 4.74 Å². The summed E-state index contributed by atoms with van der Waals surface area (Å²) in [6, 6.07) is 17.4. The number of allylic oxidation sites excluding steroid dienone is 2. The zero-order valence-electron chi connectivity index (χ0n) is 14.3. The van der Waals surface area contributed by atoms with Gasteiger partial charge in [-0.2, -0.15) is 11.8 Å². The summed E-state index contributed by atoms with van der Waals surface area (Å²) < 4.78 is 12.5. The zero-order valence-corrected chi connectivity index (χ0v) is 15.1. The third kappa shape index (κ3) is 2.74. The number of fused-ring (bicyclic) bond motifs is 4. The van der Waals surface area contributed by atoms with Gasteiger partial charge >= 0.3 is 0 Å². The zero-order chi connectivity index (χ0) is 17.4. The number of carbonyl (C=O) groups is 1. The molecule has 0 saturated carbocycles. The van der Waals surface area contributed by atoms with Crippen LogP contribution in [-0.4, -0.2) is 23.6 Å². The van der Waals surface area contributed by atoms with Gasteiger partial charge in [0.05, 0.1) is 5.75 Å². The summed E-state index contributed by atoms with van der Waals surface area (Å²) in [5.74, 6) is 1.56. The fourth-order valence-corrected chi connectivity index (χ4v) is 4.50. The van der Waals surface area contributed by atoms with E-state index < -0.39 is 5.79 Å². The molecule has 2 aromatic carbocycles. The van der Waals surface area contributed by atoms with Crippen molar-refractivity contribution < 1.29 is 14.3 Å². The lowest BCUT2D eigenvalue weighted by Gasteiger charge is -2.46. The Bertz CT molecular complexity index is 843. The fourth-order valence-electron chi connectivity index (χ4n) is 3.82. The van der Waals surface area contributed by atoms with Crippen molar-refractivity contribution in [1.29, 1.82) is 0 Å². The quantitative estimate of drug-likeness (QED) is 0.741. The van der Waals surface area contributed by atoms with Gasteiger partial charge in [-0.15, -0.1) is 0 Å². The molecule has 25 heavy (non-hydrogen) atoms. The maximum Gasteiger partial charge on any atom is 0.260 e. The highest BCUT2D eigenvalue weighted by Gasteiger charge is 2.49. The molecule has 0 fully saturated rings. The van der Waals surface area contributed by atoms with Crippen molar-refractivity contribution in [3.63, 3.8) is 0 Å². The molecule has 0 aromatic heterocycles. The molecule has 0 amide bonds. The molecule has 0 saturated heterocycles. The van der Waals surface area contributed by atoms with Gasteiger partial charge in [-0.3, -0.25) is 4.79 Å². The predicted molar refractivity (Wildman–Crippen MR) is 100 cm³/mol. The van der Waals surface area contributed by atoms with Crippen LogP contribution in [0.15, 0.2) is 65.9 Å². The molecule has 2 aromatic rings.